The summed E-state index contributed by atoms with van der Waals surface area (Å²) < 4.78 is 50.3. The summed E-state index contributed by atoms with van der Waals surface area (Å²) in [7, 11) is 0. The van der Waals surface area contributed by atoms with Gasteiger partial charge < -0.3 is 41.9 Å². The number of hydrogen-bond donors (Lipinski definition) is 6. The SMILES string of the molecule is CC(C)C[C@H](NC(=O)OC(C)(C)C)C(=O)NCC(=O)N[C@@H](CCCN=C(N)N)C(=O)Nc1ccc2c(C(F)(F)F)cc(=O)oc2c1. The molecule has 1 heterocycles. The van der Waals surface area contributed by atoms with E-state index in [1.165, 1.54) is 6.07 Å². The second-order valence-electron chi connectivity index (χ2n) is 11.8. The molecule has 0 saturated carbocycles. The average molecular weight is 656 g/mol. The molecule has 0 spiro atoms. The highest BCUT2D eigenvalue weighted by Crippen LogP contribution is 2.34. The number of halogens is 3. The van der Waals surface area contributed by atoms with E-state index in [4.69, 9.17) is 20.6 Å². The Bertz CT molecular complexity index is 1500. The maximum Gasteiger partial charge on any atom is 0.417 e. The summed E-state index contributed by atoms with van der Waals surface area (Å²) in [6, 6.07) is 1.40. The zero-order valence-electron chi connectivity index (χ0n) is 26.2. The zero-order chi connectivity index (χ0) is 34.8. The molecule has 1 aromatic carbocycles. The standard InChI is InChI=1S/C29H40F3N7O7/c1-15(2)11-20(39-27(44)46-28(3,4)5)24(42)36-14-22(40)38-19(7-6-10-35-26(33)34)25(43)37-16-8-9-17-18(29(30,31)32)13-23(41)45-21(17)12-16/h8-9,12-13,15,19-20H,6-7,10-11,14H2,1-5H3,(H,36,42)(H,37,43)(H,38,40)(H,39,44)(H4,33,34,35)/t19-,20-/m0/s1. The lowest BCUT2D eigenvalue weighted by atomic mass is 10.0. The molecule has 2 rings (SSSR count). The number of alkyl carbamates (subject to hydrolysis) is 1. The molecule has 1 aromatic heterocycles. The molecule has 2 aromatic rings. The molecular weight excluding hydrogens is 615 g/mol. The summed E-state index contributed by atoms with van der Waals surface area (Å²) in [5.74, 6) is -2.35. The van der Waals surface area contributed by atoms with E-state index < -0.39 is 71.0 Å². The molecule has 46 heavy (non-hydrogen) atoms. The summed E-state index contributed by atoms with van der Waals surface area (Å²) in [4.78, 5) is 66.7. The number of alkyl halides is 3. The number of guanidine groups is 1. The fourth-order valence-corrected chi connectivity index (χ4v) is 4.17. The van der Waals surface area contributed by atoms with Crippen molar-refractivity contribution >= 4 is 46.4 Å². The van der Waals surface area contributed by atoms with E-state index in [1.807, 2.05) is 13.8 Å². The van der Waals surface area contributed by atoms with Gasteiger partial charge in [0.2, 0.25) is 17.7 Å². The maximum atomic E-state index is 13.4. The fraction of sp³-hybridized carbons (Fsp3) is 0.517. The van der Waals surface area contributed by atoms with Crippen LogP contribution in [-0.4, -0.2) is 60.5 Å². The molecule has 0 aliphatic carbocycles. The molecule has 0 saturated heterocycles. The molecule has 0 fully saturated rings. The molecule has 254 valence electrons. The van der Waals surface area contributed by atoms with E-state index in [9.17, 15) is 37.1 Å². The van der Waals surface area contributed by atoms with Crippen LogP contribution in [0.3, 0.4) is 0 Å². The smallest absolute Gasteiger partial charge is 0.417 e. The van der Waals surface area contributed by atoms with Crippen LogP contribution in [0.4, 0.5) is 23.7 Å². The summed E-state index contributed by atoms with van der Waals surface area (Å²) in [5.41, 5.74) is 7.01. The number of carbonyl (C=O) groups is 4. The number of carbonyl (C=O) groups excluding carboxylic acids is 4. The fourth-order valence-electron chi connectivity index (χ4n) is 4.17. The van der Waals surface area contributed by atoms with E-state index in [0.717, 1.165) is 12.1 Å². The van der Waals surface area contributed by atoms with Crippen molar-refractivity contribution in [1.29, 1.82) is 0 Å². The van der Waals surface area contributed by atoms with Crippen LogP contribution in [0.5, 0.6) is 0 Å². The Morgan fingerprint density at radius 2 is 1.67 bits per heavy atom. The van der Waals surface area contributed by atoms with E-state index in [2.05, 4.69) is 26.3 Å². The Morgan fingerprint density at radius 1 is 1.00 bits per heavy atom. The number of nitrogens with one attached hydrogen (secondary N) is 4. The highest BCUT2D eigenvalue weighted by molar-refractivity contribution is 5.99. The van der Waals surface area contributed by atoms with Gasteiger partial charge in [0.1, 0.15) is 23.3 Å². The third-order valence-corrected chi connectivity index (χ3v) is 6.05. The van der Waals surface area contributed by atoms with Crippen LogP contribution >= 0.6 is 0 Å². The lowest BCUT2D eigenvalue weighted by Crippen LogP contribution is -2.52. The number of nitrogens with zero attached hydrogens (tertiary/aromatic N) is 1. The molecule has 0 unspecified atom stereocenters. The van der Waals surface area contributed by atoms with E-state index in [1.54, 1.807) is 20.8 Å². The molecule has 17 heteroatoms. The first-order valence-corrected chi connectivity index (χ1v) is 14.3. The van der Waals surface area contributed by atoms with Crippen LogP contribution < -0.4 is 38.4 Å². The second-order valence-corrected chi connectivity index (χ2v) is 11.8. The normalized spacial score (nSPS) is 13.0. The van der Waals surface area contributed by atoms with Crippen LogP contribution in [0.1, 0.15) is 59.4 Å². The van der Waals surface area contributed by atoms with Crippen LogP contribution in [0.15, 0.2) is 38.5 Å². The van der Waals surface area contributed by atoms with Crippen molar-refractivity contribution in [1.82, 2.24) is 16.0 Å². The molecule has 0 radical (unpaired) electrons. The van der Waals surface area contributed by atoms with Crippen molar-refractivity contribution in [2.45, 2.75) is 77.7 Å². The van der Waals surface area contributed by atoms with Crippen LogP contribution in [0.2, 0.25) is 0 Å². The monoisotopic (exact) mass is 655 g/mol. The summed E-state index contributed by atoms with van der Waals surface area (Å²) >= 11 is 0. The van der Waals surface area contributed by atoms with Gasteiger partial charge in [0.15, 0.2) is 5.96 Å². The highest BCUT2D eigenvalue weighted by Gasteiger charge is 2.34. The first-order valence-electron chi connectivity index (χ1n) is 14.3. The van der Waals surface area contributed by atoms with Crippen molar-refractivity contribution in [3.63, 3.8) is 0 Å². The number of ether oxygens (including phenoxy) is 1. The van der Waals surface area contributed by atoms with Crippen molar-refractivity contribution < 1.29 is 41.5 Å². The highest BCUT2D eigenvalue weighted by atomic mass is 19.4. The third-order valence-electron chi connectivity index (χ3n) is 6.05. The molecule has 4 amide bonds. The molecule has 0 aliphatic rings. The molecular formula is C29H40F3N7O7. The summed E-state index contributed by atoms with van der Waals surface area (Å²) in [6.45, 7) is 8.25. The molecule has 0 aliphatic heterocycles. The van der Waals surface area contributed by atoms with Crippen LogP contribution in [0.25, 0.3) is 11.0 Å². The van der Waals surface area contributed by atoms with Gasteiger partial charge in [-0.05, 0) is 58.1 Å². The minimum Gasteiger partial charge on any atom is -0.444 e. The van der Waals surface area contributed by atoms with Gasteiger partial charge in [-0.25, -0.2) is 9.59 Å². The molecule has 14 nitrogen and oxygen atoms in total. The van der Waals surface area contributed by atoms with Gasteiger partial charge in [-0.2, -0.15) is 13.2 Å². The van der Waals surface area contributed by atoms with Crippen molar-refractivity contribution in [2.75, 3.05) is 18.4 Å². The van der Waals surface area contributed by atoms with Gasteiger partial charge in [-0.1, -0.05) is 13.8 Å². The van der Waals surface area contributed by atoms with Crippen LogP contribution in [-0.2, 0) is 25.3 Å². The topological polar surface area (TPSA) is 220 Å². The number of hydrogen-bond acceptors (Lipinski definition) is 8. The Balaban J connectivity index is 2.17. The van der Waals surface area contributed by atoms with Crippen molar-refractivity contribution in [2.24, 2.45) is 22.4 Å². The average Bonchev–Trinajstić information content (AvgIpc) is 2.90. The minimum absolute atomic E-state index is 0.000920. The Hall–Kier alpha value is -4.83. The first kappa shape index (κ1) is 37.4. The second kappa shape index (κ2) is 15.9. The van der Waals surface area contributed by atoms with E-state index >= 15 is 0 Å². The number of aliphatic imine (C=N–C) groups is 1. The summed E-state index contributed by atoms with van der Waals surface area (Å²) in [5, 5.41) is 9.52. The molecule has 2 atom stereocenters. The predicted octanol–water partition coefficient (Wildman–Crippen LogP) is 2.34. The van der Waals surface area contributed by atoms with Gasteiger partial charge in [-0.15, -0.1) is 0 Å². The lowest BCUT2D eigenvalue weighted by Gasteiger charge is -2.24. The van der Waals surface area contributed by atoms with E-state index in [-0.39, 0.29) is 48.8 Å². The quantitative estimate of drug-likeness (QED) is 0.0806. The number of benzene rings is 1. The Kier molecular flexibility index (Phi) is 12.9. The van der Waals surface area contributed by atoms with Gasteiger partial charge in [0.25, 0.3) is 0 Å². The lowest BCUT2D eigenvalue weighted by molar-refractivity contribution is -0.136. The number of rotatable bonds is 13. The maximum absolute atomic E-state index is 13.4. The first-order chi connectivity index (χ1) is 21.2. The number of amides is 4. The van der Waals surface area contributed by atoms with Crippen molar-refractivity contribution in [3.05, 3.63) is 40.2 Å². The third kappa shape index (κ3) is 12.6. The van der Waals surface area contributed by atoms with Gasteiger partial charge >= 0.3 is 17.9 Å². The Morgan fingerprint density at radius 3 is 2.26 bits per heavy atom. The molecule has 8 N–H and O–H groups in total. The zero-order valence-corrected chi connectivity index (χ0v) is 26.2. The number of nitrogens with two attached hydrogens (primary N) is 2. The molecule has 0 bridgehead atoms. The van der Waals surface area contributed by atoms with E-state index in [0.29, 0.717) is 6.07 Å². The minimum atomic E-state index is -4.82. The summed E-state index contributed by atoms with van der Waals surface area (Å²) in [6.07, 6.45) is -5.11. The number of fused-ring (bicyclic) bond motifs is 1. The largest absolute Gasteiger partial charge is 0.444 e. The van der Waals surface area contributed by atoms with Crippen LogP contribution in [0, 0.1) is 5.92 Å². The predicted molar refractivity (Wildman–Crippen MR) is 164 cm³/mol. The van der Waals surface area contributed by atoms with Crippen molar-refractivity contribution in [3.8, 4) is 0 Å². The van der Waals surface area contributed by atoms with Gasteiger partial charge in [0, 0.05) is 29.8 Å². The van der Waals surface area contributed by atoms with Gasteiger partial charge in [-0.3, -0.25) is 19.4 Å². The number of anilines is 1. The Labute approximate surface area is 262 Å². The van der Waals surface area contributed by atoms with Gasteiger partial charge in [0.05, 0.1) is 12.1 Å².